The summed E-state index contributed by atoms with van der Waals surface area (Å²) in [6.07, 6.45) is -1.82. The predicted octanol–water partition coefficient (Wildman–Crippen LogP) is 5.12. The SMILES string of the molecule is CCn1cc(-c2c(F)cc(NC(=O)C3(c4ccc(OC(F)(F)F)cc4F)CC3)cc2C(=O)O)cn1. The highest BCUT2D eigenvalue weighted by Gasteiger charge is 2.53. The lowest BCUT2D eigenvalue weighted by Gasteiger charge is -2.18. The number of rotatable bonds is 7. The largest absolute Gasteiger partial charge is 0.573 e. The molecule has 2 N–H and O–H groups in total. The Bertz CT molecular complexity index is 1310. The minimum Gasteiger partial charge on any atom is -0.478 e. The third kappa shape index (κ3) is 4.81. The van der Waals surface area contributed by atoms with Crippen LogP contribution in [-0.2, 0) is 16.8 Å². The second-order valence-corrected chi connectivity index (χ2v) is 8.00. The minimum absolute atomic E-state index is 0.146. The average molecular weight is 495 g/mol. The van der Waals surface area contributed by atoms with Crippen LogP contribution in [0.15, 0.2) is 42.7 Å². The lowest BCUT2D eigenvalue weighted by atomic mass is 9.93. The van der Waals surface area contributed by atoms with Crippen molar-refractivity contribution in [3.63, 3.8) is 0 Å². The van der Waals surface area contributed by atoms with Crippen LogP contribution in [0.4, 0.5) is 27.6 Å². The van der Waals surface area contributed by atoms with E-state index in [9.17, 15) is 36.6 Å². The van der Waals surface area contributed by atoms with Gasteiger partial charge in [0.15, 0.2) is 0 Å². The number of anilines is 1. The van der Waals surface area contributed by atoms with Gasteiger partial charge in [0.05, 0.1) is 17.2 Å². The number of ether oxygens (including phenoxy) is 1. The number of aryl methyl sites for hydroxylation is 1. The van der Waals surface area contributed by atoms with E-state index < -0.39 is 46.6 Å². The van der Waals surface area contributed by atoms with Crippen molar-refractivity contribution >= 4 is 17.6 Å². The van der Waals surface area contributed by atoms with Gasteiger partial charge in [-0.15, -0.1) is 13.2 Å². The van der Waals surface area contributed by atoms with E-state index in [-0.39, 0.29) is 35.2 Å². The Labute approximate surface area is 195 Å². The molecule has 1 aliphatic rings. The molecular weight excluding hydrogens is 477 g/mol. The molecule has 0 spiro atoms. The molecule has 1 aromatic heterocycles. The van der Waals surface area contributed by atoms with Gasteiger partial charge in [-0.3, -0.25) is 9.48 Å². The third-order valence-electron chi connectivity index (χ3n) is 5.70. The van der Waals surface area contributed by atoms with Gasteiger partial charge < -0.3 is 15.2 Å². The fourth-order valence-electron chi connectivity index (χ4n) is 3.88. The van der Waals surface area contributed by atoms with Crippen LogP contribution < -0.4 is 10.1 Å². The van der Waals surface area contributed by atoms with Crippen LogP contribution in [0, 0.1) is 11.6 Å². The molecule has 0 bridgehead atoms. The van der Waals surface area contributed by atoms with Crippen molar-refractivity contribution in [1.29, 1.82) is 0 Å². The van der Waals surface area contributed by atoms with E-state index in [1.807, 2.05) is 0 Å². The van der Waals surface area contributed by atoms with Crippen molar-refractivity contribution in [1.82, 2.24) is 9.78 Å². The van der Waals surface area contributed by atoms with Crippen molar-refractivity contribution in [3.8, 4) is 16.9 Å². The number of carboxylic acids is 1. The summed E-state index contributed by atoms with van der Waals surface area (Å²) in [7, 11) is 0. The Balaban J connectivity index is 1.62. The number of benzene rings is 2. The maximum atomic E-state index is 15.0. The summed E-state index contributed by atoms with van der Waals surface area (Å²) in [5.74, 6) is -4.94. The first-order valence-electron chi connectivity index (χ1n) is 10.4. The van der Waals surface area contributed by atoms with Gasteiger partial charge in [-0.2, -0.15) is 5.10 Å². The first-order valence-corrected chi connectivity index (χ1v) is 10.4. The zero-order chi connectivity index (χ0) is 25.5. The molecule has 1 aliphatic carbocycles. The molecule has 1 fully saturated rings. The van der Waals surface area contributed by atoms with E-state index in [4.69, 9.17) is 0 Å². The molecule has 0 saturated heterocycles. The molecular formula is C23H18F5N3O4. The number of carbonyl (C=O) groups excluding carboxylic acids is 1. The smallest absolute Gasteiger partial charge is 0.478 e. The van der Waals surface area contributed by atoms with E-state index in [0.717, 1.165) is 24.3 Å². The monoisotopic (exact) mass is 495 g/mol. The number of hydrogen-bond donors (Lipinski definition) is 2. The number of nitrogens with zero attached hydrogens (tertiary/aromatic N) is 2. The number of carbonyl (C=O) groups is 2. The number of aromatic carboxylic acids is 1. The van der Waals surface area contributed by atoms with Gasteiger partial charge in [0, 0.05) is 41.2 Å². The topological polar surface area (TPSA) is 93.5 Å². The minimum atomic E-state index is -5.00. The van der Waals surface area contributed by atoms with Crippen LogP contribution in [-0.4, -0.2) is 33.1 Å². The Kier molecular flexibility index (Phi) is 5.99. The fraction of sp³-hybridized carbons (Fsp3) is 0.261. The fourth-order valence-corrected chi connectivity index (χ4v) is 3.88. The Morgan fingerprint density at radius 2 is 1.89 bits per heavy atom. The molecule has 0 unspecified atom stereocenters. The maximum Gasteiger partial charge on any atom is 0.573 e. The predicted molar refractivity (Wildman–Crippen MR) is 113 cm³/mol. The quantitative estimate of drug-likeness (QED) is 0.444. The van der Waals surface area contributed by atoms with Crippen LogP contribution in [0.3, 0.4) is 0 Å². The van der Waals surface area contributed by atoms with Gasteiger partial charge in [0.25, 0.3) is 0 Å². The summed E-state index contributed by atoms with van der Waals surface area (Å²) in [5.41, 5.74) is -2.08. The van der Waals surface area contributed by atoms with Crippen molar-refractivity contribution in [2.24, 2.45) is 0 Å². The average Bonchev–Trinajstić information content (AvgIpc) is 3.42. The van der Waals surface area contributed by atoms with Gasteiger partial charge in [-0.05, 0) is 38.0 Å². The highest BCUT2D eigenvalue weighted by molar-refractivity contribution is 6.03. The number of halogens is 5. The van der Waals surface area contributed by atoms with Crippen molar-refractivity contribution in [3.05, 3.63) is 65.5 Å². The highest BCUT2D eigenvalue weighted by Crippen LogP contribution is 2.50. The number of hydrogen-bond acceptors (Lipinski definition) is 4. The van der Waals surface area contributed by atoms with Crippen molar-refractivity contribution in [2.75, 3.05) is 5.32 Å². The zero-order valence-electron chi connectivity index (χ0n) is 18.1. The summed E-state index contributed by atoms with van der Waals surface area (Å²) in [6.45, 7) is 2.29. The Hall–Kier alpha value is -3.96. The molecule has 7 nitrogen and oxygen atoms in total. The van der Waals surface area contributed by atoms with Crippen LogP contribution >= 0.6 is 0 Å². The maximum absolute atomic E-state index is 15.0. The van der Waals surface area contributed by atoms with E-state index in [1.54, 1.807) is 6.92 Å². The van der Waals surface area contributed by atoms with Gasteiger partial charge in [-0.1, -0.05) is 6.07 Å². The number of carboxylic acid groups (broad SMARTS) is 1. The lowest BCUT2D eigenvalue weighted by molar-refractivity contribution is -0.274. The molecule has 4 rings (SSSR count). The summed E-state index contributed by atoms with van der Waals surface area (Å²) >= 11 is 0. The summed E-state index contributed by atoms with van der Waals surface area (Å²) in [4.78, 5) is 24.8. The molecule has 1 saturated carbocycles. The van der Waals surface area contributed by atoms with Gasteiger partial charge in [0.1, 0.15) is 17.4 Å². The second-order valence-electron chi connectivity index (χ2n) is 8.00. The van der Waals surface area contributed by atoms with Crippen LogP contribution in [0.25, 0.3) is 11.1 Å². The first-order chi connectivity index (χ1) is 16.4. The highest BCUT2D eigenvalue weighted by atomic mass is 19.4. The lowest BCUT2D eigenvalue weighted by Crippen LogP contribution is -2.29. The van der Waals surface area contributed by atoms with Crippen LogP contribution in [0.2, 0.25) is 0 Å². The zero-order valence-corrected chi connectivity index (χ0v) is 18.1. The number of alkyl halides is 3. The van der Waals surface area contributed by atoms with E-state index in [2.05, 4.69) is 15.2 Å². The van der Waals surface area contributed by atoms with Crippen molar-refractivity contribution < 1.29 is 41.4 Å². The Morgan fingerprint density at radius 1 is 1.17 bits per heavy atom. The van der Waals surface area contributed by atoms with Crippen LogP contribution in [0.1, 0.15) is 35.7 Å². The molecule has 3 aromatic rings. The van der Waals surface area contributed by atoms with Crippen LogP contribution in [0.5, 0.6) is 5.75 Å². The molecule has 184 valence electrons. The number of amides is 1. The molecule has 35 heavy (non-hydrogen) atoms. The molecule has 0 atom stereocenters. The summed E-state index contributed by atoms with van der Waals surface area (Å²) in [5, 5.41) is 16.0. The van der Waals surface area contributed by atoms with E-state index >= 15 is 0 Å². The molecule has 0 aliphatic heterocycles. The second kappa shape index (κ2) is 8.67. The van der Waals surface area contributed by atoms with Gasteiger partial charge in [0.2, 0.25) is 5.91 Å². The summed E-state index contributed by atoms with van der Waals surface area (Å²) < 4.78 is 71.9. The van der Waals surface area contributed by atoms with E-state index in [0.29, 0.717) is 12.6 Å². The third-order valence-corrected chi connectivity index (χ3v) is 5.70. The molecule has 2 aromatic carbocycles. The molecule has 1 heterocycles. The van der Waals surface area contributed by atoms with Gasteiger partial charge in [-0.25, -0.2) is 13.6 Å². The normalized spacial score (nSPS) is 14.5. The Morgan fingerprint density at radius 3 is 2.43 bits per heavy atom. The molecule has 1 amide bonds. The number of nitrogens with one attached hydrogen (secondary N) is 1. The summed E-state index contributed by atoms with van der Waals surface area (Å²) in [6, 6.07) is 4.47. The molecule has 12 heteroatoms. The van der Waals surface area contributed by atoms with Crippen molar-refractivity contribution in [2.45, 2.75) is 38.1 Å². The van der Waals surface area contributed by atoms with E-state index in [1.165, 1.54) is 17.1 Å². The molecule has 0 radical (unpaired) electrons. The standard InChI is InChI=1S/C23H18F5N3O4/c1-2-31-11-12(10-29-31)19-15(20(32)33)7-13(8-18(19)25)30-21(34)22(5-6-22)16-4-3-14(9-17(16)24)35-23(26,27)28/h3-4,7-11H,2,5-6H2,1H3,(H,30,34)(H,32,33). The number of aromatic nitrogens is 2. The van der Waals surface area contributed by atoms with Gasteiger partial charge >= 0.3 is 12.3 Å². The first kappa shape index (κ1) is 24.2.